The van der Waals surface area contributed by atoms with Gasteiger partial charge in [-0.05, 0) is 47.2 Å². The van der Waals surface area contributed by atoms with Crippen molar-refractivity contribution >= 4 is 40.4 Å². The average Bonchev–Trinajstić information content (AvgIpc) is 3.03. The van der Waals surface area contributed by atoms with Gasteiger partial charge in [-0.3, -0.25) is 4.79 Å². The molecular formula is C18H19Cl2N2OS+. The van der Waals surface area contributed by atoms with E-state index in [0.29, 0.717) is 23.1 Å². The Balaban J connectivity index is 1.96. The van der Waals surface area contributed by atoms with Crippen LogP contribution in [-0.2, 0) is 11.2 Å². The highest BCUT2D eigenvalue weighted by Gasteiger charge is 2.34. The van der Waals surface area contributed by atoms with Crippen LogP contribution in [0.3, 0.4) is 0 Å². The van der Waals surface area contributed by atoms with Crippen molar-refractivity contribution in [2.45, 2.75) is 12.5 Å². The average molecular weight is 382 g/mol. The Hall–Kier alpha value is -1.33. The minimum atomic E-state index is -0.144. The quantitative estimate of drug-likeness (QED) is 0.626. The van der Waals surface area contributed by atoms with Gasteiger partial charge in [0.2, 0.25) is 0 Å². The van der Waals surface area contributed by atoms with Crippen molar-refractivity contribution in [3.63, 3.8) is 0 Å². The normalized spacial score (nSPS) is 16.8. The molecule has 0 saturated heterocycles. The van der Waals surface area contributed by atoms with Crippen LogP contribution < -0.4 is 5.32 Å². The first-order valence-electron chi connectivity index (χ1n) is 7.85. The fourth-order valence-electron chi connectivity index (χ4n) is 3.09. The summed E-state index contributed by atoms with van der Waals surface area (Å²) in [6.45, 7) is 5.54. The molecule has 126 valence electrons. The number of rotatable bonds is 5. The van der Waals surface area contributed by atoms with Gasteiger partial charge in [-0.25, -0.2) is 0 Å². The van der Waals surface area contributed by atoms with E-state index in [1.807, 2.05) is 22.3 Å². The van der Waals surface area contributed by atoms with E-state index in [-0.39, 0.29) is 11.9 Å². The van der Waals surface area contributed by atoms with Crippen molar-refractivity contribution in [3.05, 3.63) is 68.3 Å². The lowest BCUT2D eigenvalue weighted by Crippen LogP contribution is -2.86. The highest BCUT2D eigenvalue weighted by molar-refractivity contribution is 7.10. The van der Waals surface area contributed by atoms with Crippen molar-refractivity contribution in [2.75, 3.05) is 19.6 Å². The summed E-state index contributed by atoms with van der Waals surface area (Å²) in [6.07, 6.45) is 2.69. The van der Waals surface area contributed by atoms with E-state index in [0.717, 1.165) is 18.5 Å². The molecule has 0 fully saturated rings. The summed E-state index contributed by atoms with van der Waals surface area (Å²) in [5.41, 5.74) is 2.10. The molecule has 0 radical (unpaired) electrons. The van der Waals surface area contributed by atoms with Gasteiger partial charge >= 0.3 is 0 Å². The monoisotopic (exact) mass is 381 g/mol. The van der Waals surface area contributed by atoms with Crippen LogP contribution in [0.4, 0.5) is 0 Å². The number of amides is 1. The summed E-state index contributed by atoms with van der Waals surface area (Å²) in [5.74, 6) is 0.115. The lowest BCUT2D eigenvalue weighted by atomic mass is 9.93. The van der Waals surface area contributed by atoms with Crippen LogP contribution in [0.2, 0.25) is 10.0 Å². The molecule has 3 rings (SSSR count). The number of fused-ring (bicyclic) bond motifs is 1. The van der Waals surface area contributed by atoms with Crippen LogP contribution in [0.5, 0.6) is 0 Å². The third-order valence-corrected chi connectivity index (χ3v) is 5.75. The fraction of sp³-hybridized carbons (Fsp3) is 0.278. The third-order valence-electron chi connectivity index (χ3n) is 4.20. The van der Waals surface area contributed by atoms with Crippen LogP contribution in [0.25, 0.3) is 0 Å². The lowest BCUT2D eigenvalue weighted by molar-refractivity contribution is -0.635. The van der Waals surface area contributed by atoms with Gasteiger partial charge in [0, 0.05) is 21.5 Å². The minimum absolute atomic E-state index is 0.115. The molecule has 0 aliphatic carbocycles. The number of quaternary nitrogens is 1. The van der Waals surface area contributed by atoms with Gasteiger partial charge in [-0.2, -0.15) is 0 Å². The Bertz CT molecular complexity index is 759. The number of thiophene rings is 1. The van der Waals surface area contributed by atoms with Gasteiger partial charge in [-0.1, -0.05) is 35.8 Å². The number of benzene rings is 1. The Morgan fingerprint density at radius 1 is 1.38 bits per heavy atom. The molecule has 1 aliphatic rings. The Morgan fingerprint density at radius 2 is 2.21 bits per heavy atom. The SMILES string of the molecule is C=CC[NH2+]CC(=O)N1CCc2sccc2[C@@H]1c1ccc(Cl)cc1Cl. The summed E-state index contributed by atoms with van der Waals surface area (Å²) in [7, 11) is 0. The maximum Gasteiger partial charge on any atom is 0.278 e. The Morgan fingerprint density at radius 3 is 2.96 bits per heavy atom. The molecule has 3 nitrogen and oxygen atoms in total. The van der Waals surface area contributed by atoms with Gasteiger partial charge in [0.05, 0.1) is 12.6 Å². The highest BCUT2D eigenvalue weighted by Crippen LogP contribution is 2.40. The molecule has 1 aromatic heterocycles. The van der Waals surface area contributed by atoms with Gasteiger partial charge in [0.25, 0.3) is 5.91 Å². The number of nitrogens with two attached hydrogens (primary N) is 1. The molecule has 2 aromatic rings. The number of nitrogens with zero attached hydrogens (tertiary/aromatic N) is 1. The third kappa shape index (κ3) is 3.52. The van der Waals surface area contributed by atoms with E-state index in [1.165, 1.54) is 10.4 Å². The molecule has 1 amide bonds. The zero-order chi connectivity index (χ0) is 17.1. The van der Waals surface area contributed by atoms with Crippen LogP contribution >= 0.6 is 34.5 Å². The summed E-state index contributed by atoms with van der Waals surface area (Å²) < 4.78 is 0. The summed E-state index contributed by atoms with van der Waals surface area (Å²) in [6, 6.07) is 7.45. The molecule has 0 unspecified atom stereocenters. The summed E-state index contributed by atoms with van der Waals surface area (Å²) in [5, 5.41) is 5.24. The summed E-state index contributed by atoms with van der Waals surface area (Å²) >= 11 is 14.2. The molecule has 1 aliphatic heterocycles. The largest absolute Gasteiger partial charge is 0.335 e. The van der Waals surface area contributed by atoms with Crippen molar-refractivity contribution in [1.29, 1.82) is 0 Å². The lowest BCUT2D eigenvalue weighted by Gasteiger charge is -2.36. The predicted octanol–water partition coefficient (Wildman–Crippen LogP) is 3.28. The molecular weight excluding hydrogens is 363 g/mol. The summed E-state index contributed by atoms with van der Waals surface area (Å²) in [4.78, 5) is 16.0. The first-order chi connectivity index (χ1) is 11.6. The maximum absolute atomic E-state index is 12.8. The van der Waals surface area contributed by atoms with Crippen molar-refractivity contribution in [1.82, 2.24) is 4.90 Å². The van der Waals surface area contributed by atoms with Crippen molar-refractivity contribution < 1.29 is 10.1 Å². The molecule has 2 heterocycles. The number of hydrogen-bond acceptors (Lipinski definition) is 2. The second kappa shape index (κ2) is 7.70. The molecule has 0 spiro atoms. The molecule has 1 atom stereocenters. The fourth-order valence-corrected chi connectivity index (χ4v) is 4.50. The molecule has 2 N–H and O–H groups in total. The number of halogens is 2. The number of hydrogen-bond donors (Lipinski definition) is 1. The van der Waals surface area contributed by atoms with E-state index in [4.69, 9.17) is 23.2 Å². The first kappa shape index (κ1) is 17.5. The van der Waals surface area contributed by atoms with Gasteiger partial charge < -0.3 is 10.2 Å². The second-order valence-corrected chi connectivity index (χ2v) is 7.57. The van der Waals surface area contributed by atoms with E-state index in [1.54, 1.807) is 23.5 Å². The van der Waals surface area contributed by atoms with Crippen LogP contribution in [0.1, 0.15) is 22.0 Å². The van der Waals surface area contributed by atoms with E-state index >= 15 is 0 Å². The Kier molecular flexibility index (Phi) is 5.61. The van der Waals surface area contributed by atoms with Crippen LogP contribution in [0, 0.1) is 0 Å². The molecule has 24 heavy (non-hydrogen) atoms. The Labute approximate surface area is 155 Å². The van der Waals surface area contributed by atoms with Crippen LogP contribution in [0.15, 0.2) is 42.3 Å². The van der Waals surface area contributed by atoms with Gasteiger partial charge in [-0.15, -0.1) is 11.3 Å². The maximum atomic E-state index is 12.8. The van der Waals surface area contributed by atoms with Crippen molar-refractivity contribution in [3.8, 4) is 0 Å². The first-order valence-corrected chi connectivity index (χ1v) is 9.48. The number of carbonyl (C=O) groups is 1. The van der Waals surface area contributed by atoms with Crippen molar-refractivity contribution in [2.24, 2.45) is 0 Å². The smallest absolute Gasteiger partial charge is 0.278 e. The highest BCUT2D eigenvalue weighted by atomic mass is 35.5. The second-order valence-electron chi connectivity index (χ2n) is 5.72. The minimum Gasteiger partial charge on any atom is -0.335 e. The van der Waals surface area contributed by atoms with E-state index < -0.39 is 0 Å². The standard InChI is InChI=1S/C18H18Cl2N2OS/c1-2-7-21-11-17(23)22-8-5-16-14(6-9-24-16)18(22)13-4-3-12(19)10-15(13)20/h2-4,6,9-10,18,21H,1,5,7-8,11H2/p+1/t18-/m0/s1. The van der Waals surface area contributed by atoms with Gasteiger partial charge in [0.1, 0.15) is 0 Å². The van der Waals surface area contributed by atoms with E-state index in [9.17, 15) is 4.79 Å². The van der Waals surface area contributed by atoms with Gasteiger partial charge in [0.15, 0.2) is 6.54 Å². The molecule has 1 aromatic carbocycles. The molecule has 6 heteroatoms. The molecule has 0 bridgehead atoms. The topological polar surface area (TPSA) is 36.9 Å². The number of carbonyl (C=O) groups excluding carboxylic acids is 1. The van der Waals surface area contributed by atoms with Crippen LogP contribution in [-0.4, -0.2) is 30.4 Å². The predicted molar refractivity (Wildman–Crippen MR) is 99.9 cm³/mol. The van der Waals surface area contributed by atoms with E-state index in [2.05, 4.69) is 18.0 Å². The zero-order valence-corrected chi connectivity index (χ0v) is 15.5. The molecule has 0 saturated carbocycles. The zero-order valence-electron chi connectivity index (χ0n) is 13.2.